The number of nitrogens with zero attached hydrogens (tertiary/aromatic N) is 2. The number of nitrogens with two attached hydrogens (primary N) is 1. The Morgan fingerprint density at radius 1 is 1.11 bits per heavy atom. The van der Waals surface area contributed by atoms with Gasteiger partial charge in [0, 0.05) is 11.3 Å². The van der Waals surface area contributed by atoms with E-state index in [2.05, 4.69) is 25.6 Å². The van der Waals surface area contributed by atoms with Gasteiger partial charge < -0.3 is 21.4 Å². The van der Waals surface area contributed by atoms with Crippen LogP contribution in [0.4, 0.5) is 30.5 Å². The number of carbonyl (C=O) groups excluding carboxylic acids is 1. The fourth-order valence-corrected chi connectivity index (χ4v) is 2.30. The highest BCUT2D eigenvalue weighted by molar-refractivity contribution is 5.93. The molecule has 140 valence electrons. The van der Waals surface area contributed by atoms with Crippen molar-refractivity contribution in [2.24, 2.45) is 0 Å². The topological polar surface area (TPSA) is 109 Å². The van der Waals surface area contributed by atoms with Crippen LogP contribution in [0.2, 0.25) is 0 Å². The van der Waals surface area contributed by atoms with E-state index in [1.54, 1.807) is 24.4 Å². The van der Waals surface area contributed by atoms with Crippen LogP contribution < -0.4 is 16.4 Å². The molecule has 1 aromatic carbocycles. The van der Waals surface area contributed by atoms with Crippen LogP contribution in [0.1, 0.15) is 5.69 Å². The summed E-state index contributed by atoms with van der Waals surface area (Å²) >= 11 is 0. The number of hydrogen-bond donors (Lipinski definition) is 4. The van der Waals surface area contributed by atoms with E-state index in [9.17, 15) is 18.0 Å². The summed E-state index contributed by atoms with van der Waals surface area (Å²) in [5, 5.41) is 5.42. The minimum absolute atomic E-state index is 0.0738. The van der Waals surface area contributed by atoms with Crippen LogP contribution in [0, 0.1) is 0 Å². The fraction of sp³-hybridized carbons (Fsp3) is 0.118. The lowest BCUT2D eigenvalue weighted by atomic mass is 10.1. The van der Waals surface area contributed by atoms with Crippen molar-refractivity contribution in [1.29, 1.82) is 0 Å². The number of carbonyl (C=O) groups is 1. The van der Waals surface area contributed by atoms with Crippen LogP contribution in [0.15, 0.2) is 48.8 Å². The first-order valence-corrected chi connectivity index (χ1v) is 7.79. The third kappa shape index (κ3) is 4.75. The average molecular weight is 376 g/mol. The van der Waals surface area contributed by atoms with Gasteiger partial charge in [-0.05, 0) is 24.3 Å². The molecule has 0 aliphatic rings. The zero-order chi connectivity index (χ0) is 19.4. The molecule has 2 heterocycles. The Hall–Kier alpha value is -3.56. The van der Waals surface area contributed by atoms with Crippen molar-refractivity contribution >= 4 is 23.2 Å². The predicted molar refractivity (Wildman–Crippen MR) is 94.8 cm³/mol. The average Bonchev–Trinajstić information content (AvgIpc) is 3.06. The maximum absolute atomic E-state index is 12.5. The van der Waals surface area contributed by atoms with Crippen LogP contribution in [0.25, 0.3) is 11.3 Å². The van der Waals surface area contributed by atoms with Gasteiger partial charge in [0.15, 0.2) is 5.95 Å². The van der Waals surface area contributed by atoms with Gasteiger partial charge in [0.25, 0.3) is 0 Å². The Labute approximate surface area is 151 Å². The van der Waals surface area contributed by atoms with Gasteiger partial charge in [-0.25, -0.2) is 9.97 Å². The number of imidazole rings is 1. The minimum atomic E-state index is -4.52. The van der Waals surface area contributed by atoms with Gasteiger partial charge in [0.1, 0.15) is 5.69 Å². The summed E-state index contributed by atoms with van der Waals surface area (Å²) in [5.74, 6) is -0.124. The molecule has 7 nitrogen and oxygen atoms in total. The van der Waals surface area contributed by atoms with Crippen molar-refractivity contribution in [3.63, 3.8) is 0 Å². The van der Waals surface area contributed by atoms with Crippen LogP contribution in [0.5, 0.6) is 0 Å². The van der Waals surface area contributed by atoms with Gasteiger partial charge in [-0.1, -0.05) is 12.1 Å². The maximum atomic E-state index is 12.5. The second kappa shape index (κ2) is 7.36. The zero-order valence-corrected chi connectivity index (χ0v) is 13.8. The SMILES string of the molecule is Nc1ncc(-c2cccc(NCC(=O)Nc3ccc(C(F)(F)F)nc3)c2)[nH]1. The molecule has 0 saturated carbocycles. The van der Waals surface area contributed by atoms with Crippen molar-refractivity contribution < 1.29 is 18.0 Å². The summed E-state index contributed by atoms with van der Waals surface area (Å²) in [6.07, 6.45) is -1.96. The molecular formula is C17H15F3N6O. The van der Waals surface area contributed by atoms with E-state index in [0.29, 0.717) is 11.6 Å². The molecule has 0 fully saturated rings. The Bertz CT molecular complexity index is 936. The highest BCUT2D eigenvalue weighted by Crippen LogP contribution is 2.27. The lowest BCUT2D eigenvalue weighted by Gasteiger charge is -2.10. The third-order valence-electron chi connectivity index (χ3n) is 3.56. The molecule has 0 bridgehead atoms. The van der Waals surface area contributed by atoms with E-state index in [1.165, 1.54) is 0 Å². The number of halogens is 3. The van der Waals surface area contributed by atoms with Gasteiger partial charge in [0.05, 0.1) is 30.3 Å². The van der Waals surface area contributed by atoms with Gasteiger partial charge in [0.2, 0.25) is 5.91 Å². The Balaban J connectivity index is 1.58. The summed E-state index contributed by atoms with van der Waals surface area (Å²) in [7, 11) is 0. The summed E-state index contributed by atoms with van der Waals surface area (Å²) in [5.41, 5.74) is 6.96. The van der Waals surface area contributed by atoms with E-state index in [4.69, 9.17) is 5.73 Å². The molecule has 3 aromatic rings. The number of nitrogens with one attached hydrogen (secondary N) is 3. The number of aromatic amines is 1. The Morgan fingerprint density at radius 2 is 1.93 bits per heavy atom. The van der Waals surface area contributed by atoms with Crippen molar-refractivity contribution in [2.45, 2.75) is 6.18 Å². The number of amides is 1. The molecule has 0 aliphatic heterocycles. The van der Waals surface area contributed by atoms with E-state index in [1.807, 2.05) is 6.07 Å². The van der Waals surface area contributed by atoms with Gasteiger partial charge in [-0.15, -0.1) is 0 Å². The zero-order valence-electron chi connectivity index (χ0n) is 13.8. The summed E-state index contributed by atoms with van der Waals surface area (Å²) in [6, 6.07) is 9.19. The number of benzene rings is 1. The van der Waals surface area contributed by atoms with Gasteiger partial charge >= 0.3 is 6.18 Å². The first kappa shape index (κ1) is 18.2. The van der Waals surface area contributed by atoms with Crippen LogP contribution in [0.3, 0.4) is 0 Å². The summed E-state index contributed by atoms with van der Waals surface area (Å²) in [4.78, 5) is 22.1. The van der Waals surface area contributed by atoms with Crippen LogP contribution >= 0.6 is 0 Å². The molecular weight excluding hydrogens is 361 g/mol. The minimum Gasteiger partial charge on any atom is -0.376 e. The number of rotatable bonds is 5. The second-order valence-corrected chi connectivity index (χ2v) is 5.59. The molecule has 0 atom stereocenters. The standard InChI is InChI=1S/C17H15F3N6O/c18-17(19,20)14-5-4-12(7-23-14)25-15(27)9-22-11-3-1-2-10(6-11)13-8-24-16(21)26-13/h1-8,22H,9H2,(H,25,27)(H3,21,24,26). The van der Waals surface area contributed by atoms with Crippen molar-refractivity contribution in [3.05, 3.63) is 54.5 Å². The first-order valence-electron chi connectivity index (χ1n) is 7.79. The molecule has 0 unspecified atom stereocenters. The molecule has 2 aromatic heterocycles. The van der Waals surface area contributed by atoms with Crippen LogP contribution in [-0.2, 0) is 11.0 Å². The fourth-order valence-electron chi connectivity index (χ4n) is 2.30. The Morgan fingerprint density at radius 3 is 2.56 bits per heavy atom. The summed E-state index contributed by atoms with van der Waals surface area (Å²) in [6.45, 7) is -0.0738. The molecule has 10 heteroatoms. The van der Waals surface area contributed by atoms with Crippen molar-refractivity contribution in [2.75, 3.05) is 22.9 Å². The molecule has 5 N–H and O–H groups in total. The van der Waals surface area contributed by atoms with Crippen LogP contribution in [-0.4, -0.2) is 27.4 Å². The van der Waals surface area contributed by atoms with E-state index in [-0.39, 0.29) is 12.2 Å². The molecule has 0 radical (unpaired) electrons. The number of H-pyrrole nitrogens is 1. The lowest BCUT2D eigenvalue weighted by Crippen LogP contribution is -2.22. The third-order valence-corrected chi connectivity index (χ3v) is 3.56. The number of pyridine rings is 1. The monoisotopic (exact) mass is 376 g/mol. The highest BCUT2D eigenvalue weighted by atomic mass is 19.4. The number of aromatic nitrogens is 3. The van der Waals surface area contributed by atoms with Crippen molar-refractivity contribution in [1.82, 2.24) is 15.0 Å². The summed E-state index contributed by atoms with van der Waals surface area (Å²) < 4.78 is 37.4. The van der Waals surface area contributed by atoms with E-state index < -0.39 is 17.8 Å². The first-order chi connectivity index (χ1) is 12.8. The van der Waals surface area contributed by atoms with E-state index in [0.717, 1.165) is 29.6 Å². The second-order valence-electron chi connectivity index (χ2n) is 5.59. The number of nitrogen functional groups attached to an aromatic ring is 1. The number of hydrogen-bond acceptors (Lipinski definition) is 5. The quantitative estimate of drug-likeness (QED) is 0.547. The molecule has 1 amide bonds. The highest BCUT2D eigenvalue weighted by Gasteiger charge is 2.32. The Kier molecular flexibility index (Phi) is 4.97. The van der Waals surface area contributed by atoms with Gasteiger partial charge in [-0.2, -0.15) is 13.2 Å². The number of anilines is 3. The molecule has 27 heavy (non-hydrogen) atoms. The normalized spacial score (nSPS) is 11.2. The largest absolute Gasteiger partial charge is 0.433 e. The smallest absolute Gasteiger partial charge is 0.376 e. The molecule has 0 saturated heterocycles. The van der Waals surface area contributed by atoms with Crippen molar-refractivity contribution in [3.8, 4) is 11.3 Å². The molecule has 0 aliphatic carbocycles. The molecule has 0 spiro atoms. The van der Waals surface area contributed by atoms with Gasteiger partial charge in [-0.3, -0.25) is 4.79 Å². The number of alkyl halides is 3. The molecule has 3 rings (SSSR count). The predicted octanol–water partition coefficient (Wildman–Crippen LogP) is 3.12. The maximum Gasteiger partial charge on any atom is 0.433 e. The van der Waals surface area contributed by atoms with E-state index >= 15 is 0 Å². The lowest BCUT2D eigenvalue weighted by molar-refractivity contribution is -0.141.